The maximum absolute atomic E-state index is 5.93. The minimum absolute atomic E-state index is 0.0764. The summed E-state index contributed by atoms with van der Waals surface area (Å²) in [4.78, 5) is 0. The molecule has 1 heteroatoms. The van der Waals surface area contributed by atoms with E-state index in [2.05, 4.69) is 19.1 Å². The van der Waals surface area contributed by atoms with Crippen LogP contribution in [0.25, 0.3) is 0 Å². The second kappa shape index (κ2) is 2.53. The average molecular weight is 125 g/mol. The van der Waals surface area contributed by atoms with Gasteiger partial charge in [-0.3, -0.25) is 0 Å². The third-order valence-corrected chi connectivity index (χ3v) is 1.87. The van der Waals surface area contributed by atoms with Crippen molar-refractivity contribution in [3.63, 3.8) is 0 Å². The van der Waals surface area contributed by atoms with Crippen LogP contribution in [0.5, 0.6) is 0 Å². The quantitative estimate of drug-likeness (QED) is 0.491. The highest BCUT2D eigenvalue weighted by atomic mass is 14.7. The third-order valence-electron chi connectivity index (χ3n) is 1.87. The minimum Gasteiger partial charge on any atom is -0.325 e. The van der Waals surface area contributed by atoms with Crippen LogP contribution in [-0.4, -0.2) is 5.54 Å². The Bertz CT molecular complexity index is 114. The van der Waals surface area contributed by atoms with Gasteiger partial charge in [-0.2, -0.15) is 0 Å². The SMILES string of the molecule is CC1(N)CC=CCCC1. The molecule has 1 aliphatic rings. The number of hydrogen-bond acceptors (Lipinski definition) is 1. The van der Waals surface area contributed by atoms with Crippen LogP contribution in [0.3, 0.4) is 0 Å². The van der Waals surface area contributed by atoms with Crippen molar-refractivity contribution in [1.29, 1.82) is 0 Å². The molecular weight excluding hydrogens is 110 g/mol. The van der Waals surface area contributed by atoms with Crippen LogP contribution < -0.4 is 5.73 Å². The fraction of sp³-hybridized carbons (Fsp3) is 0.750. The van der Waals surface area contributed by atoms with E-state index in [0.717, 1.165) is 6.42 Å². The average Bonchev–Trinajstić information content (AvgIpc) is 1.92. The summed E-state index contributed by atoms with van der Waals surface area (Å²) in [6, 6.07) is 0. The first-order valence-electron chi connectivity index (χ1n) is 3.65. The van der Waals surface area contributed by atoms with Crippen LogP contribution in [-0.2, 0) is 0 Å². The van der Waals surface area contributed by atoms with Gasteiger partial charge in [-0.05, 0) is 32.6 Å². The second-order valence-corrected chi connectivity index (χ2v) is 3.22. The summed E-state index contributed by atoms with van der Waals surface area (Å²) in [7, 11) is 0. The number of nitrogens with two attached hydrogens (primary N) is 1. The maximum Gasteiger partial charge on any atom is 0.0160 e. The van der Waals surface area contributed by atoms with E-state index in [-0.39, 0.29) is 5.54 Å². The van der Waals surface area contributed by atoms with Crippen LogP contribution in [0, 0.1) is 0 Å². The molecule has 1 atom stereocenters. The molecule has 0 saturated heterocycles. The molecule has 9 heavy (non-hydrogen) atoms. The van der Waals surface area contributed by atoms with Crippen LogP contribution in [0.15, 0.2) is 12.2 Å². The Morgan fingerprint density at radius 1 is 1.44 bits per heavy atom. The zero-order chi connectivity index (χ0) is 6.74. The van der Waals surface area contributed by atoms with Gasteiger partial charge in [-0.15, -0.1) is 0 Å². The van der Waals surface area contributed by atoms with Crippen molar-refractivity contribution in [3.8, 4) is 0 Å². The lowest BCUT2D eigenvalue weighted by Gasteiger charge is -2.20. The predicted octanol–water partition coefficient (Wildman–Crippen LogP) is 1.83. The number of rotatable bonds is 0. The number of hydrogen-bond donors (Lipinski definition) is 1. The molecule has 0 saturated carbocycles. The fourth-order valence-electron chi connectivity index (χ4n) is 1.20. The molecule has 0 radical (unpaired) electrons. The molecule has 0 bridgehead atoms. The Labute approximate surface area is 56.9 Å². The maximum atomic E-state index is 5.93. The third kappa shape index (κ3) is 2.19. The monoisotopic (exact) mass is 125 g/mol. The van der Waals surface area contributed by atoms with Gasteiger partial charge < -0.3 is 5.73 Å². The van der Waals surface area contributed by atoms with Crippen molar-refractivity contribution in [3.05, 3.63) is 12.2 Å². The molecule has 1 rings (SSSR count). The first kappa shape index (κ1) is 6.81. The second-order valence-electron chi connectivity index (χ2n) is 3.22. The summed E-state index contributed by atoms with van der Waals surface area (Å²) in [5.74, 6) is 0. The van der Waals surface area contributed by atoms with Crippen LogP contribution >= 0.6 is 0 Å². The van der Waals surface area contributed by atoms with Gasteiger partial charge in [0.05, 0.1) is 0 Å². The summed E-state index contributed by atoms with van der Waals surface area (Å²) in [5.41, 5.74) is 6.00. The van der Waals surface area contributed by atoms with Gasteiger partial charge in [0.25, 0.3) is 0 Å². The Hall–Kier alpha value is -0.300. The van der Waals surface area contributed by atoms with Crippen LogP contribution in [0.2, 0.25) is 0 Å². The normalized spacial score (nSPS) is 36.2. The molecule has 0 aromatic rings. The van der Waals surface area contributed by atoms with Crippen molar-refractivity contribution in [2.24, 2.45) is 5.73 Å². The molecular formula is C8H15N. The van der Waals surface area contributed by atoms with Gasteiger partial charge in [0.15, 0.2) is 0 Å². The Morgan fingerprint density at radius 2 is 2.22 bits per heavy atom. The van der Waals surface area contributed by atoms with E-state index in [1.54, 1.807) is 0 Å². The van der Waals surface area contributed by atoms with Gasteiger partial charge in [0, 0.05) is 5.54 Å². The molecule has 0 aliphatic heterocycles. The largest absolute Gasteiger partial charge is 0.325 e. The zero-order valence-corrected chi connectivity index (χ0v) is 6.06. The first-order valence-corrected chi connectivity index (χ1v) is 3.65. The summed E-state index contributed by atoms with van der Waals surface area (Å²) in [6.45, 7) is 2.13. The molecule has 0 spiro atoms. The molecule has 0 amide bonds. The molecule has 0 aromatic carbocycles. The molecule has 0 heterocycles. The highest BCUT2D eigenvalue weighted by molar-refractivity contribution is 4.95. The van der Waals surface area contributed by atoms with Crippen molar-refractivity contribution in [1.82, 2.24) is 0 Å². The lowest BCUT2D eigenvalue weighted by Crippen LogP contribution is -2.34. The van der Waals surface area contributed by atoms with E-state index in [4.69, 9.17) is 5.73 Å². The van der Waals surface area contributed by atoms with E-state index in [0.29, 0.717) is 0 Å². The summed E-state index contributed by atoms with van der Waals surface area (Å²) in [6.07, 6.45) is 9.12. The molecule has 1 aliphatic carbocycles. The molecule has 1 nitrogen and oxygen atoms in total. The van der Waals surface area contributed by atoms with E-state index >= 15 is 0 Å². The topological polar surface area (TPSA) is 26.0 Å². The highest BCUT2D eigenvalue weighted by Crippen LogP contribution is 2.18. The smallest absolute Gasteiger partial charge is 0.0160 e. The van der Waals surface area contributed by atoms with Crippen LogP contribution in [0.1, 0.15) is 32.6 Å². The first-order chi connectivity index (χ1) is 4.21. The van der Waals surface area contributed by atoms with E-state index < -0.39 is 0 Å². The lowest BCUT2D eigenvalue weighted by atomic mass is 9.95. The molecule has 52 valence electrons. The van der Waals surface area contributed by atoms with E-state index in [1.807, 2.05) is 0 Å². The summed E-state index contributed by atoms with van der Waals surface area (Å²) >= 11 is 0. The van der Waals surface area contributed by atoms with Gasteiger partial charge in [-0.25, -0.2) is 0 Å². The highest BCUT2D eigenvalue weighted by Gasteiger charge is 2.16. The fourth-order valence-corrected chi connectivity index (χ4v) is 1.20. The van der Waals surface area contributed by atoms with Crippen molar-refractivity contribution >= 4 is 0 Å². The van der Waals surface area contributed by atoms with Crippen LogP contribution in [0.4, 0.5) is 0 Å². The minimum atomic E-state index is 0.0764. The van der Waals surface area contributed by atoms with Crippen molar-refractivity contribution < 1.29 is 0 Å². The van der Waals surface area contributed by atoms with Gasteiger partial charge in [-0.1, -0.05) is 12.2 Å². The Morgan fingerprint density at radius 3 is 3.00 bits per heavy atom. The summed E-state index contributed by atoms with van der Waals surface area (Å²) < 4.78 is 0. The molecule has 1 unspecified atom stereocenters. The Kier molecular flexibility index (Phi) is 1.91. The standard InChI is InChI=1S/C8H15N/c1-8(9)6-4-2-3-5-7-8/h2,4H,3,5-7,9H2,1H3. The lowest BCUT2D eigenvalue weighted by molar-refractivity contribution is 0.434. The number of allylic oxidation sites excluding steroid dienone is 1. The van der Waals surface area contributed by atoms with Gasteiger partial charge >= 0.3 is 0 Å². The molecule has 0 fully saturated rings. The molecule has 0 aromatic heterocycles. The predicted molar refractivity (Wildman–Crippen MR) is 40.2 cm³/mol. The zero-order valence-electron chi connectivity index (χ0n) is 6.06. The van der Waals surface area contributed by atoms with Crippen molar-refractivity contribution in [2.75, 3.05) is 0 Å². The van der Waals surface area contributed by atoms with Gasteiger partial charge in [0.1, 0.15) is 0 Å². The van der Waals surface area contributed by atoms with Crippen molar-refractivity contribution in [2.45, 2.75) is 38.1 Å². The van der Waals surface area contributed by atoms with E-state index in [9.17, 15) is 0 Å². The summed E-state index contributed by atoms with van der Waals surface area (Å²) in [5, 5.41) is 0. The van der Waals surface area contributed by atoms with E-state index in [1.165, 1.54) is 19.3 Å². The molecule has 2 N–H and O–H groups in total. The Balaban J connectivity index is 2.48. The van der Waals surface area contributed by atoms with Gasteiger partial charge in [0.2, 0.25) is 0 Å².